The molecule has 27 heavy (non-hydrogen) atoms. The molecule has 1 heterocycles. The molecule has 0 aliphatic heterocycles. The molecule has 3 aromatic rings. The summed E-state index contributed by atoms with van der Waals surface area (Å²) in [5, 5.41) is 10.7. The number of carbonyl (C=O) groups excluding carboxylic acids is 2. The molecule has 0 radical (unpaired) electrons. The quantitative estimate of drug-likeness (QED) is 0.653. The van der Waals surface area contributed by atoms with E-state index in [0.717, 1.165) is 22.0 Å². The van der Waals surface area contributed by atoms with Crippen molar-refractivity contribution in [1.82, 2.24) is 15.5 Å². The van der Waals surface area contributed by atoms with Gasteiger partial charge in [-0.25, -0.2) is 0 Å². The molecule has 0 spiro atoms. The Morgan fingerprint density at radius 2 is 1.81 bits per heavy atom. The van der Waals surface area contributed by atoms with Gasteiger partial charge in [0.2, 0.25) is 0 Å². The summed E-state index contributed by atoms with van der Waals surface area (Å²) in [6, 6.07) is 14.6. The van der Waals surface area contributed by atoms with Crippen LogP contribution in [-0.2, 0) is 9.53 Å². The Labute approximate surface area is 157 Å². The molecule has 1 atom stereocenters. The standard InChI is InChI=1S/C21H23N3O3/c1-13(2)27-19(25)12-18(15-10-8-14(3)9-11-15)22-21(26)20-16-6-4-5-7-17(16)23-24-20/h4-11,13,18H,12H2,1-3H3,(H,22,26)(H,23,24). The van der Waals surface area contributed by atoms with Gasteiger partial charge in [-0.2, -0.15) is 5.10 Å². The lowest BCUT2D eigenvalue weighted by Crippen LogP contribution is -2.31. The maximum atomic E-state index is 12.8. The molecular weight excluding hydrogens is 342 g/mol. The highest BCUT2D eigenvalue weighted by Crippen LogP contribution is 2.21. The number of carbonyl (C=O) groups is 2. The maximum Gasteiger partial charge on any atom is 0.308 e. The lowest BCUT2D eigenvalue weighted by molar-refractivity contribution is -0.147. The first-order chi connectivity index (χ1) is 12.9. The minimum atomic E-state index is -0.500. The third-order valence-electron chi connectivity index (χ3n) is 4.21. The van der Waals surface area contributed by atoms with E-state index in [2.05, 4.69) is 15.5 Å². The molecule has 1 amide bonds. The van der Waals surface area contributed by atoms with E-state index in [4.69, 9.17) is 4.74 Å². The number of H-pyrrole nitrogens is 1. The summed E-state index contributed by atoms with van der Waals surface area (Å²) in [6.45, 7) is 5.58. The molecular formula is C21H23N3O3. The third-order valence-corrected chi connectivity index (χ3v) is 4.21. The van der Waals surface area contributed by atoms with Crippen LogP contribution < -0.4 is 5.32 Å². The number of nitrogens with one attached hydrogen (secondary N) is 2. The normalized spacial score (nSPS) is 12.1. The number of aromatic nitrogens is 2. The van der Waals surface area contributed by atoms with E-state index in [9.17, 15) is 9.59 Å². The number of rotatable bonds is 6. The van der Waals surface area contributed by atoms with E-state index < -0.39 is 6.04 Å². The summed E-state index contributed by atoms with van der Waals surface area (Å²) >= 11 is 0. The van der Waals surface area contributed by atoms with Gasteiger partial charge >= 0.3 is 5.97 Å². The number of aryl methyl sites for hydroxylation is 1. The van der Waals surface area contributed by atoms with Crippen LogP contribution in [0, 0.1) is 6.92 Å². The summed E-state index contributed by atoms with van der Waals surface area (Å²) < 4.78 is 5.26. The van der Waals surface area contributed by atoms with Gasteiger partial charge in [0.1, 0.15) is 0 Å². The number of hydrogen-bond acceptors (Lipinski definition) is 4. The van der Waals surface area contributed by atoms with Crippen molar-refractivity contribution in [3.63, 3.8) is 0 Å². The molecule has 0 bridgehead atoms. The highest BCUT2D eigenvalue weighted by Gasteiger charge is 2.23. The number of ether oxygens (including phenoxy) is 1. The Kier molecular flexibility index (Phi) is 5.54. The van der Waals surface area contributed by atoms with E-state index in [1.807, 2.05) is 55.5 Å². The van der Waals surface area contributed by atoms with Crippen LogP contribution >= 0.6 is 0 Å². The van der Waals surface area contributed by atoms with Crippen molar-refractivity contribution >= 4 is 22.8 Å². The monoisotopic (exact) mass is 365 g/mol. The van der Waals surface area contributed by atoms with Crippen molar-refractivity contribution in [2.45, 2.75) is 39.3 Å². The molecule has 2 N–H and O–H groups in total. The molecule has 1 unspecified atom stereocenters. The largest absolute Gasteiger partial charge is 0.463 e. The maximum absolute atomic E-state index is 12.8. The summed E-state index contributed by atoms with van der Waals surface area (Å²) in [5.74, 6) is -0.696. The molecule has 0 aliphatic carbocycles. The van der Waals surface area contributed by atoms with Crippen molar-refractivity contribution in [2.75, 3.05) is 0 Å². The van der Waals surface area contributed by atoms with Crippen LogP contribution in [0.15, 0.2) is 48.5 Å². The van der Waals surface area contributed by atoms with Crippen molar-refractivity contribution < 1.29 is 14.3 Å². The Morgan fingerprint density at radius 3 is 2.52 bits per heavy atom. The van der Waals surface area contributed by atoms with E-state index >= 15 is 0 Å². The zero-order valence-electron chi connectivity index (χ0n) is 15.7. The molecule has 1 aromatic heterocycles. The molecule has 6 heteroatoms. The van der Waals surface area contributed by atoms with Gasteiger partial charge in [0.25, 0.3) is 5.91 Å². The minimum Gasteiger partial charge on any atom is -0.463 e. The van der Waals surface area contributed by atoms with Crippen LogP contribution in [-0.4, -0.2) is 28.2 Å². The molecule has 2 aromatic carbocycles. The summed E-state index contributed by atoms with van der Waals surface area (Å²) in [6.07, 6.45) is -0.155. The smallest absolute Gasteiger partial charge is 0.308 e. The minimum absolute atomic E-state index is 0.0509. The number of nitrogens with zero attached hydrogens (tertiary/aromatic N) is 1. The summed E-state index contributed by atoms with van der Waals surface area (Å²) in [5.41, 5.74) is 3.04. The van der Waals surface area contributed by atoms with Gasteiger partial charge in [0.05, 0.1) is 24.1 Å². The fraction of sp³-hybridized carbons (Fsp3) is 0.286. The fourth-order valence-electron chi connectivity index (χ4n) is 2.89. The number of aromatic amines is 1. The topological polar surface area (TPSA) is 84.1 Å². The van der Waals surface area contributed by atoms with E-state index in [-0.39, 0.29) is 24.4 Å². The first-order valence-corrected chi connectivity index (χ1v) is 8.94. The number of fused-ring (bicyclic) bond motifs is 1. The van der Waals surface area contributed by atoms with Crippen molar-refractivity contribution in [3.8, 4) is 0 Å². The summed E-state index contributed by atoms with van der Waals surface area (Å²) in [4.78, 5) is 25.0. The molecule has 0 aliphatic rings. The second-order valence-corrected chi connectivity index (χ2v) is 6.80. The van der Waals surface area contributed by atoms with Crippen LogP contribution in [0.2, 0.25) is 0 Å². The van der Waals surface area contributed by atoms with Crippen LogP contribution in [0.1, 0.15) is 47.9 Å². The lowest BCUT2D eigenvalue weighted by Gasteiger charge is -2.19. The number of amides is 1. The molecule has 3 rings (SSSR count). The third kappa shape index (κ3) is 4.53. The predicted molar refractivity (Wildman–Crippen MR) is 103 cm³/mol. The van der Waals surface area contributed by atoms with Gasteiger partial charge in [0.15, 0.2) is 5.69 Å². The van der Waals surface area contributed by atoms with E-state index in [1.165, 1.54) is 0 Å². The number of hydrogen-bond donors (Lipinski definition) is 2. The van der Waals surface area contributed by atoms with Crippen LogP contribution in [0.5, 0.6) is 0 Å². The highest BCUT2D eigenvalue weighted by atomic mass is 16.5. The molecule has 140 valence electrons. The Hall–Kier alpha value is -3.15. The molecule has 6 nitrogen and oxygen atoms in total. The molecule has 0 fully saturated rings. The molecule has 0 saturated heterocycles. The van der Waals surface area contributed by atoms with Gasteiger partial charge < -0.3 is 10.1 Å². The van der Waals surface area contributed by atoms with Gasteiger partial charge in [-0.1, -0.05) is 48.0 Å². The van der Waals surface area contributed by atoms with E-state index in [0.29, 0.717) is 5.69 Å². The van der Waals surface area contributed by atoms with Crippen molar-refractivity contribution in [3.05, 3.63) is 65.4 Å². The van der Waals surface area contributed by atoms with Crippen molar-refractivity contribution in [1.29, 1.82) is 0 Å². The average Bonchev–Trinajstić information content (AvgIpc) is 3.05. The molecule has 0 saturated carbocycles. The fourth-order valence-corrected chi connectivity index (χ4v) is 2.89. The predicted octanol–water partition coefficient (Wildman–Crippen LogP) is 3.68. The summed E-state index contributed by atoms with van der Waals surface area (Å²) in [7, 11) is 0. The number of benzene rings is 2. The zero-order valence-corrected chi connectivity index (χ0v) is 15.7. The Bertz CT molecular complexity index is 945. The van der Waals surface area contributed by atoms with Gasteiger partial charge in [-0.05, 0) is 32.4 Å². The van der Waals surface area contributed by atoms with E-state index in [1.54, 1.807) is 13.8 Å². The average molecular weight is 365 g/mol. The van der Waals surface area contributed by atoms with Crippen molar-refractivity contribution in [2.24, 2.45) is 0 Å². The van der Waals surface area contributed by atoms with Crippen LogP contribution in [0.3, 0.4) is 0 Å². The van der Waals surface area contributed by atoms with Crippen LogP contribution in [0.4, 0.5) is 0 Å². The lowest BCUT2D eigenvalue weighted by atomic mass is 10.0. The second-order valence-electron chi connectivity index (χ2n) is 6.80. The first kappa shape index (κ1) is 18.6. The van der Waals surface area contributed by atoms with Gasteiger partial charge in [0, 0.05) is 5.39 Å². The Balaban J connectivity index is 1.84. The zero-order chi connectivity index (χ0) is 19.4. The van der Waals surface area contributed by atoms with Gasteiger partial charge in [-0.3, -0.25) is 14.7 Å². The first-order valence-electron chi connectivity index (χ1n) is 8.94. The second kappa shape index (κ2) is 8.03. The van der Waals surface area contributed by atoms with Gasteiger partial charge in [-0.15, -0.1) is 0 Å². The number of para-hydroxylation sites is 1. The highest BCUT2D eigenvalue weighted by molar-refractivity contribution is 6.04. The Morgan fingerprint density at radius 1 is 1.11 bits per heavy atom. The van der Waals surface area contributed by atoms with Crippen LogP contribution in [0.25, 0.3) is 10.9 Å². The number of esters is 1. The SMILES string of the molecule is Cc1ccc(C(CC(=O)OC(C)C)NC(=O)c2n[nH]c3ccccc23)cc1.